The van der Waals surface area contributed by atoms with Gasteiger partial charge in [0.2, 0.25) is 11.8 Å². The van der Waals surface area contributed by atoms with Crippen molar-refractivity contribution in [2.24, 2.45) is 17.6 Å². The Morgan fingerprint density at radius 3 is 2.95 bits per heavy atom. The molecule has 3 aromatic rings. The number of H-pyrrole nitrogens is 1. The van der Waals surface area contributed by atoms with Crippen LogP contribution in [0.15, 0.2) is 36.7 Å². The van der Waals surface area contributed by atoms with Gasteiger partial charge in [-0.25, -0.2) is 9.37 Å². The monoisotopic (exact) mass is 506 g/mol. The molecule has 0 bridgehead atoms. The normalized spacial score (nSPS) is 26.3. The van der Waals surface area contributed by atoms with Crippen LogP contribution in [0.25, 0.3) is 11.3 Å². The SMILES string of the molecule is COc1cc(-c2cc(C(=O)N3CCC(C(N)=O)CC34CC4[C@H]3CCOc4cccnc43)[nH]n2)c(F)cn1. The van der Waals surface area contributed by atoms with Gasteiger partial charge < -0.3 is 20.1 Å². The van der Waals surface area contributed by atoms with Crippen LogP contribution < -0.4 is 15.2 Å². The molecule has 0 aromatic carbocycles. The third kappa shape index (κ3) is 3.89. The Balaban J connectivity index is 1.31. The number of nitrogens with two attached hydrogens (primary N) is 1. The molecule has 2 amide bonds. The lowest BCUT2D eigenvalue weighted by atomic mass is 9.82. The van der Waals surface area contributed by atoms with Gasteiger partial charge >= 0.3 is 0 Å². The van der Waals surface area contributed by atoms with Crippen molar-refractivity contribution in [1.82, 2.24) is 25.1 Å². The Labute approximate surface area is 212 Å². The summed E-state index contributed by atoms with van der Waals surface area (Å²) in [6.07, 6.45) is 5.36. The first-order chi connectivity index (χ1) is 17.9. The van der Waals surface area contributed by atoms with Crippen LogP contribution in [0, 0.1) is 17.7 Å². The predicted octanol–water partition coefficient (Wildman–Crippen LogP) is 2.68. The minimum absolute atomic E-state index is 0.114. The van der Waals surface area contributed by atoms with Crippen LogP contribution in [0.4, 0.5) is 4.39 Å². The lowest BCUT2D eigenvalue weighted by Gasteiger charge is -2.41. The average Bonchev–Trinajstić information content (AvgIpc) is 3.38. The predicted molar refractivity (Wildman–Crippen MR) is 129 cm³/mol. The van der Waals surface area contributed by atoms with Crippen molar-refractivity contribution in [2.75, 3.05) is 20.3 Å². The van der Waals surface area contributed by atoms with E-state index in [2.05, 4.69) is 20.2 Å². The fourth-order valence-corrected chi connectivity index (χ4v) is 6.15. The number of rotatable bonds is 5. The van der Waals surface area contributed by atoms with Gasteiger partial charge in [-0.15, -0.1) is 0 Å². The molecule has 1 aliphatic carbocycles. The number of piperidine rings is 1. The highest BCUT2D eigenvalue weighted by Crippen LogP contribution is 2.62. The molecule has 1 saturated carbocycles. The van der Waals surface area contributed by atoms with Crippen LogP contribution >= 0.6 is 0 Å². The highest BCUT2D eigenvalue weighted by atomic mass is 19.1. The Kier molecular flexibility index (Phi) is 5.58. The molecule has 37 heavy (non-hydrogen) atoms. The second-order valence-electron chi connectivity index (χ2n) is 9.97. The summed E-state index contributed by atoms with van der Waals surface area (Å²) in [5.74, 6) is -0.193. The average molecular weight is 507 g/mol. The number of primary amides is 1. The third-order valence-corrected chi connectivity index (χ3v) is 8.04. The highest BCUT2D eigenvalue weighted by molar-refractivity contribution is 5.94. The summed E-state index contributed by atoms with van der Waals surface area (Å²) in [6.45, 7) is 0.973. The van der Waals surface area contributed by atoms with Gasteiger partial charge in [0, 0.05) is 41.7 Å². The van der Waals surface area contributed by atoms with Gasteiger partial charge in [0.15, 0.2) is 5.82 Å². The first-order valence-corrected chi connectivity index (χ1v) is 12.4. The zero-order valence-electron chi connectivity index (χ0n) is 20.3. The lowest BCUT2D eigenvalue weighted by Crippen LogP contribution is -2.52. The van der Waals surface area contributed by atoms with E-state index in [1.54, 1.807) is 6.20 Å². The second-order valence-corrected chi connectivity index (χ2v) is 9.97. The quantitative estimate of drug-likeness (QED) is 0.543. The van der Waals surface area contributed by atoms with Crippen molar-refractivity contribution >= 4 is 11.8 Å². The smallest absolute Gasteiger partial charge is 0.272 e. The number of nitrogens with one attached hydrogen (secondary N) is 1. The Morgan fingerprint density at radius 1 is 1.27 bits per heavy atom. The van der Waals surface area contributed by atoms with Crippen LogP contribution in [-0.4, -0.2) is 62.7 Å². The fraction of sp³-hybridized carbons (Fsp3) is 0.423. The molecule has 3 aliphatic rings. The molecule has 2 aliphatic heterocycles. The van der Waals surface area contributed by atoms with Crippen molar-refractivity contribution in [2.45, 2.75) is 37.1 Å². The van der Waals surface area contributed by atoms with Crippen molar-refractivity contribution in [1.29, 1.82) is 0 Å². The maximum absolute atomic E-state index is 14.5. The number of likely N-dealkylation sites (tertiary alicyclic amines) is 1. The number of carbonyl (C=O) groups is 2. The molecule has 3 unspecified atom stereocenters. The van der Waals surface area contributed by atoms with Crippen molar-refractivity contribution in [3.05, 3.63) is 53.9 Å². The number of hydrogen-bond donors (Lipinski definition) is 2. The number of aromatic amines is 1. The largest absolute Gasteiger partial charge is 0.492 e. The van der Waals surface area contributed by atoms with Crippen molar-refractivity contribution in [3.63, 3.8) is 0 Å². The molecule has 192 valence electrons. The first kappa shape index (κ1) is 23.4. The van der Waals surface area contributed by atoms with Gasteiger partial charge in [-0.1, -0.05) is 0 Å². The van der Waals surface area contributed by atoms with Gasteiger partial charge in [-0.05, 0) is 49.8 Å². The highest BCUT2D eigenvalue weighted by Gasteiger charge is 2.65. The molecular weight excluding hydrogens is 479 g/mol. The molecule has 2 fully saturated rings. The molecule has 5 heterocycles. The number of hydrogen-bond acceptors (Lipinski definition) is 7. The molecule has 3 aromatic heterocycles. The summed E-state index contributed by atoms with van der Waals surface area (Å²) in [5.41, 5.74) is 6.80. The molecular formula is C26H27FN6O4. The fourth-order valence-electron chi connectivity index (χ4n) is 6.15. The van der Waals surface area contributed by atoms with Crippen molar-refractivity contribution in [3.8, 4) is 22.9 Å². The maximum Gasteiger partial charge on any atom is 0.272 e. The van der Waals surface area contributed by atoms with E-state index in [0.29, 0.717) is 26.0 Å². The van der Waals surface area contributed by atoms with E-state index in [0.717, 1.165) is 30.5 Å². The number of fused-ring (bicyclic) bond motifs is 1. The molecule has 0 radical (unpaired) electrons. The van der Waals surface area contributed by atoms with E-state index >= 15 is 0 Å². The zero-order chi connectivity index (χ0) is 25.7. The summed E-state index contributed by atoms with van der Waals surface area (Å²) in [5, 5.41) is 6.97. The van der Waals surface area contributed by atoms with E-state index in [1.165, 1.54) is 19.2 Å². The van der Waals surface area contributed by atoms with E-state index < -0.39 is 11.4 Å². The molecule has 11 heteroatoms. The Hall–Kier alpha value is -4.02. The number of halogens is 1. The number of pyridine rings is 2. The molecule has 1 spiro atoms. The van der Waals surface area contributed by atoms with Gasteiger partial charge in [0.25, 0.3) is 5.91 Å². The standard InChI is InChI=1S/C26H27FN6O4/c1-36-22-9-16(18(27)13-30-22)19-10-20(32-31-19)25(35)33-7-4-14(24(28)34)11-26(33)12-17(26)15-5-8-37-21-3-2-6-29-23(15)21/h2-3,6,9-10,13-15,17H,4-5,7-8,11-12H2,1H3,(H2,28,34)(H,31,32)/t14?,15-,17?,26?/m1/s1. The summed E-state index contributed by atoms with van der Waals surface area (Å²) >= 11 is 0. The first-order valence-electron chi connectivity index (χ1n) is 12.4. The number of ether oxygens (including phenoxy) is 2. The van der Waals surface area contributed by atoms with E-state index in [4.69, 9.17) is 15.2 Å². The Bertz CT molecular complexity index is 1380. The minimum Gasteiger partial charge on any atom is -0.492 e. The van der Waals surface area contributed by atoms with E-state index in [1.807, 2.05) is 17.0 Å². The number of nitrogens with zero attached hydrogens (tertiary/aromatic N) is 4. The van der Waals surface area contributed by atoms with E-state index in [9.17, 15) is 14.0 Å². The van der Waals surface area contributed by atoms with Crippen LogP contribution in [0.1, 0.15) is 47.8 Å². The molecule has 10 nitrogen and oxygen atoms in total. The molecule has 3 N–H and O–H groups in total. The van der Waals surface area contributed by atoms with Crippen molar-refractivity contribution < 1.29 is 23.5 Å². The van der Waals surface area contributed by atoms with Crippen LogP contribution in [0.5, 0.6) is 11.6 Å². The van der Waals surface area contributed by atoms with Crippen LogP contribution in [0.2, 0.25) is 0 Å². The maximum atomic E-state index is 14.5. The number of aromatic nitrogens is 4. The van der Waals surface area contributed by atoms with Gasteiger partial charge in [0.05, 0.1) is 31.3 Å². The van der Waals surface area contributed by atoms with Gasteiger partial charge in [0.1, 0.15) is 11.4 Å². The summed E-state index contributed by atoms with van der Waals surface area (Å²) in [6, 6.07) is 6.74. The van der Waals surface area contributed by atoms with E-state index in [-0.39, 0.29) is 52.4 Å². The van der Waals surface area contributed by atoms with Gasteiger partial charge in [-0.2, -0.15) is 5.10 Å². The zero-order valence-corrected chi connectivity index (χ0v) is 20.3. The second kappa shape index (κ2) is 8.82. The summed E-state index contributed by atoms with van der Waals surface area (Å²) < 4.78 is 25.4. The number of amides is 2. The summed E-state index contributed by atoms with van der Waals surface area (Å²) in [7, 11) is 1.44. The minimum atomic E-state index is -0.571. The molecule has 4 atom stereocenters. The topological polar surface area (TPSA) is 136 Å². The van der Waals surface area contributed by atoms with Gasteiger partial charge in [-0.3, -0.25) is 19.7 Å². The lowest BCUT2D eigenvalue weighted by molar-refractivity contribution is -0.124. The molecule has 1 saturated heterocycles. The Morgan fingerprint density at radius 2 is 2.14 bits per heavy atom. The summed E-state index contributed by atoms with van der Waals surface area (Å²) in [4.78, 5) is 36.3. The number of carbonyl (C=O) groups excluding carboxylic acids is 2. The third-order valence-electron chi connectivity index (χ3n) is 8.04. The number of methoxy groups -OCH3 is 1. The van der Waals surface area contributed by atoms with Crippen LogP contribution in [-0.2, 0) is 4.79 Å². The van der Waals surface area contributed by atoms with Crippen LogP contribution in [0.3, 0.4) is 0 Å². The molecule has 6 rings (SSSR count).